The van der Waals surface area contributed by atoms with Crippen molar-refractivity contribution < 1.29 is 14.3 Å². The summed E-state index contributed by atoms with van der Waals surface area (Å²) in [5, 5.41) is 5.96. The van der Waals surface area contributed by atoms with Gasteiger partial charge in [0.1, 0.15) is 12.4 Å². The Morgan fingerprint density at radius 1 is 0.771 bits per heavy atom. The van der Waals surface area contributed by atoms with Crippen LogP contribution in [0.1, 0.15) is 15.9 Å². The van der Waals surface area contributed by atoms with Crippen LogP contribution in [0.25, 0.3) is 0 Å². The molecule has 0 saturated heterocycles. The van der Waals surface area contributed by atoms with E-state index in [-0.39, 0.29) is 18.4 Å². The number of ether oxygens (including phenoxy) is 1. The number of nitrogens with one attached hydrogen (secondary N) is 2. The van der Waals surface area contributed by atoms with E-state index >= 15 is 0 Å². The van der Waals surface area contributed by atoms with Crippen LogP contribution < -0.4 is 20.3 Å². The summed E-state index contributed by atoms with van der Waals surface area (Å²) in [5.74, 6) is 0.393. The van der Waals surface area contributed by atoms with Gasteiger partial charge in [-0.1, -0.05) is 54.6 Å². The fraction of sp³-hybridized carbons (Fsp3) is 0.103. The smallest absolute Gasteiger partial charge is 0.258 e. The predicted octanol–water partition coefficient (Wildman–Crippen LogP) is 5.59. The highest BCUT2D eigenvalue weighted by Crippen LogP contribution is 2.19. The standard InChI is InChI=1S/C29H27N3O3/c1-32(26-12-6-3-7-13-26)29(34)23-15-17-24(18-16-23)30-20-28(33)31-25-11-8-14-27(19-25)35-21-22-9-4-2-5-10-22/h2-19,30H,20-21H2,1H3,(H,31,33). The van der Waals surface area contributed by atoms with Crippen molar-refractivity contribution in [3.63, 3.8) is 0 Å². The van der Waals surface area contributed by atoms with Gasteiger partial charge in [-0.3, -0.25) is 9.59 Å². The number of amides is 2. The lowest BCUT2D eigenvalue weighted by Crippen LogP contribution is -2.26. The van der Waals surface area contributed by atoms with Gasteiger partial charge in [-0.25, -0.2) is 0 Å². The van der Waals surface area contributed by atoms with E-state index in [0.717, 1.165) is 16.9 Å². The number of nitrogens with zero attached hydrogens (tertiary/aromatic N) is 1. The fourth-order valence-electron chi connectivity index (χ4n) is 3.49. The molecule has 0 unspecified atom stereocenters. The predicted molar refractivity (Wildman–Crippen MR) is 140 cm³/mol. The van der Waals surface area contributed by atoms with E-state index in [2.05, 4.69) is 10.6 Å². The zero-order chi connectivity index (χ0) is 24.5. The number of hydrogen-bond acceptors (Lipinski definition) is 4. The number of carbonyl (C=O) groups is 2. The lowest BCUT2D eigenvalue weighted by Gasteiger charge is -2.17. The van der Waals surface area contributed by atoms with Crippen LogP contribution in [0.15, 0.2) is 109 Å². The van der Waals surface area contributed by atoms with E-state index in [1.807, 2.05) is 78.9 Å². The Bertz CT molecular complexity index is 1260. The number of rotatable bonds is 9. The maximum absolute atomic E-state index is 12.7. The van der Waals surface area contributed by atoms with Gasteiger partial charge < -0.3 is 20.3 Å². The zero-order valence-electron chi connectivity index (χ0n) is 19.5. The molecule has 176 valence electrons. The van der Waals surface area contributed by atoms with Gasteiger partial charge in [-0.05, 0) is 54.1 Å². The average molecular weight is 466 g/mol. The zero-order valence-corrected chi connectivity index (χ0v) is 19.5. The quantitative estimate of drug-likeness (QED) is 0.338. The van der Waals surface area contributed by atoms with E-state index < -0.39 is 0 Å². The molecule has 6 nitrogen and oxygen atoms in total. The first-order chi connectivity index (χ1) is 17.1. The van der Waals surface area contributed by atoms with Gasteiger partial charge in [-0.15, -0.1) is 0 Å². The maximum atomic E-state index is 12.7. The van der Waals surface area contributed by atoms with Crippen LogP contribution in [0.4, 0.5) is 17.1 Å². The molecule has 4 aromatic carbocycles. The molecule has 4 aromatic rings. The van der Waals surface area contributed by atoms with E-state index in [9.17, 15) is 9.59 Å². The molecule has 0 aromatic heterocycles. The van der Waals surface area contributed by atoms with Gasteiger partial charge in [0.25, 0.3) is 5.91 Å². The highest BCUT2D eigenvalue weighted by atomic mass is 16.5. The van der Waals surface area contributed by atoms with E-state index in [0.29, 0.717) is 23.6 Å². The van der Waals surface area contributed by atoms with Gasteiger partial charge in [0.15, 0.2) is 0 Å². The molecule has 4 rings (SSSR count). The molecule has 0 bridgehead atoms. The molecule has 2 N–H and O–H groups in total. The molecule has 0 saturated carbocycles. The van der Waals surface area contributed by atoms with Crippen LogP contribution >= 0.6 is 0 Å². The van der Waals surface area contributed by atoms with Crippen molar-refractivity contribution in [1.82, 2.24) is 0 Å². The summed E-state index contributed by atoms with van der Waals surface area (Å²) >= 11 is 0. The summed E-state index contributed by atoms with van der Waals surface area (Å²) in [7, 11) is 1.75. The summed E-state index contributed by atoms with van der Waals surface area (Å²) in [5.41, 5.74) is 3.88. The Morgan fingerprint density at radius 2 is 1.46 bits per heavy atom. The summed E-state index contributed by atoms with van der Waals surface area (Å²) in [6, 6.07) is 33.8. The van der Waals surface area contributed by atoms with Crippen LogP contribution in [0.5, 0.6) is 5.75 Å². The van der Waals surface area contributed by atoms with Crippen molar-refractivity contribution in [3.05, 3.63) is 120 Å². The molecule has 35 heavy (non-hydrogen) atoms. The number of benzene rings is 4. The summed E-state index contributed by atoms with van der Waals surface area (Å²) in [6.45, 7) is 0.547. The van der Waals surface area contributed by atoms with Crippen molar-refractivity contribution >= 4 is 28.9 Å². The van der Waals surface area contributed by atoms with Crippen molar-refractivity contribution in [2.45, 2.75) is 6.61 Å². The molecule has 0 heterocycles. The number of hydrogen-bond donors (Lipinski definition) is 2. The SMILES string of the molecule is CN(C(=O)c1ccc(NCC(=O)Nc2cccc(OCc3ccccc3)c2)cc1)c1ccccc1. The van der Waals surface area contributed by atoms with Crippen molar-refractivity contribution in [3.8, 4) is 5.75 Å². The monoisotopic (exact) mass is 465 g/mol. The minimum Gasteiger partial charge on any atom is -0.489 e. The molecular weight excluding hydrogens is 438 g/mol. The molecule has 0 spiro atoms. The van der Waals surface area contributed by atoms with Crippen LogP contribution in [0.2, 0.25) is 0 Å². The van der Waals surface area contributed by atoms with E-state index in [1.54, 1.807) is 42.3 Å². The highest BCUT2D eigenvalue weighted by Gasteiger charge is 2.13. The Balaban J connectivity index is 1.27. The second kappa shape index (κ2) is 11.5. The Hall–Kier alpha value is -4.58. The second-order valence-corrected chi connectivity index (χ2v) is 7.98. The number of carbonyl (C=O) groups excluding carboxylic acids is 2. The van der Waals surface area contributed by atoms with Crippen molar-refractivity contribution in [1.29, 1.82) is 0 Å². The summed E-state index contributed by atoms with van der Waals surface area (Å²) < 4.78 is 5.82. The van der Waals surface area contributed by atoms with Gasteiger partial charge >= 0.3 is 0 Å². The van der Waals surface area contributed by atoms with Crippen LogP contribution in [-0.4, -0.2) is 25.4 Å². The number of para-hydroxylation sites is 1. The lowest BCUT2D eigenvalue weighted by atomic mass is 10.1. The molecule has 0 aliphatic carbocycles. The molecule has 0 radical (unpaired) electrons. The molecule has 2 amide bonds. The third-order valence-corrected chi connectivity index (χ3v) is 5.40. The molecule has 0 aliphatic rings. The maximum Gasteiger partial charge on any atom is 0.258 e. The van der Waals surface area contributed by atoms with Crippen LogP contribution in [0.3, 0.4) is 0 Å². The average Bonchev–Trinajstić information content (AvgIpc) is 2.91. The topological polar surface area (TPSA) is 70.7 Å². The molecular formula is C29H27N3O3. The van der Waals surface area contributed by atoms with Crippen LogP contribution in [0, 0.1) is 0 Å². The minimum atomic E-state index is -0.186. The fourth-order valence-corrected chi connectivity index (χ4v) is 3.49. The normalized spacial score (nSPS) is 10.3. The Kier molecular flexibility index (Phi) is 7.76. The lowest BCUT2D eigenvalue weighted by molar-refractivity contribution is -0.114. The number of anilines is 3. The van der Waals surface area contributed by atoms with Gasteiger partial charge in [0.2, 0.25) is 5.91 Å². The third kappa shape index (κ3) is 6.71. The van der Waals surface area contributed by atoms with E-state index in [1.165, 1.54) is 0 Å². The van der Waals surface area contributed by atoms with E-state index in [4.69, 9.17) is 4.74 Å². The van der Waals surface area contributed by atoms with Crippen molar-refractivity contribution in [2.24, 2.45) is 0 Å². The van der Waals surface area contributed by atoms with Crippen LogP contribution in [-0.2, 0) is 11.4 Å². The molecule has 0 fully saturated rings. The molecule has 6 heteroatoms. The molecule has 0 atom stereocenters. The first-order valence-corrected chi connectivity index (χ1v) is 11.3. The second-order valence-electron chi connectivity index (χ2n) is 7.98. The summed E-state index contributed by atoms with van der Waals surface area (Å²) in [6.07, 6.45) is 0. The summed E-state index contributed by atoms with van der Waals surface area (Å²) in [4.78, 5) is 26.7. The minimum absolute atomic E-state index is 0.0896. The Labute approximate surface area is 205 Å². The van der Waals surface area contributed by atoms with Gasteiger partial charge in [-0.2, -0.15) is 0 Å². The largest absolute Gasteiger partial charge is 0.489 e. The third-order valence-electron chi connectivity index (χ3n) is 5.40. The van der Waals surface area contributed by atoms with Crippen molar-refractivity contribution in [2.75, 3.05) is 29.1 Å². The van der Waals surface area contributed by atoms with Gasteiger partial charge in [0, 0.05) is 35.7 Å². The first-order valence-electron chi connectivity index (χ1n) is 11.3. The molecule has 0 aliphatic heterocycles. The highest BCUT2D eigenvalue weighted by molar-refractivity contribution is 6.05. The first kappa shape index (κ1) is 23.6. The Morgan fingerprint density at radius 3 is 2.17 bits per heavy atom. The van der Waals surface area contributed by atoms with Gasteiger partial charge in [0.05, 0.1) is 6.54 Å².